The molecule has 0 bridgehead atoms. The number of nitrogens with zero attached hydrogens (tertiary/aromatic N) is 3. The lowest BCUT2D eigenvalue weighted by molar-refractivity contribution is 0.386. The van der Waals surface area contributed by atoms with Crippen molar-refractivity contribution in [1.29, 1.82) is 5.26 Å². The molecule has 0 aliphatic carbocycles. The number of hydrogen-bond acceptors (Lipinski definition) is 8. The van der Waals surface area contributed by atoms with Crippen molar-refractivity contribution in [2.75, 3.05) is 11.8 Å². The molecule has 0 aliphatic rings. The van der Waals surface area contributed by atoms with Crippen molar-refractivity contribution in [3.63, 3.8) is 0 Å². The van der Waals surface area contributed by atoms with E-state index in [-0.39, 0.29) is 27.1 Å². The topological polar surface area (TPSA) is 114 Å². The van der Waals surface area contributed by atoms with Gasteiger partial charge in [0.05, 0.1) is 17.6 Å². The van der Waals surface area contributed by atoms with Gasteiger partial charge in [-0.05, 0) is 48.4 Å². The van der Waals surface area contributed by atoms with E-state index in [0.29, 0.717) is 16.9 Å². The molecule has 1 aromatic heterocycles. The molecule has 8 nitrogen and oxygen atoms in total. The summed E-state index contributed by atoms with van der Waals surface area (Å²) < 4.78 is 56.7. The molecule has 172 valence electrons. The number of methoxy groups -OCH3 is 1. The minimum Gasteiger partial charge on any atom is -0.494 e. The van der Waals surface area contributed by atoms with Crippen LogP contribution in [-0.2, 0) is 10.0 Å². The average molecular weight is 497 g/mol. The van der Waals surface area contributed by atoms with E-state index in [0.717, 1.165) is 17.1 Å². The van der Waals surface area contributed by atoms with Gasteiger partial charge in [0.25, 0.3) is 10.0 Å². The Morgan fingerprint density at radius 2 is 1.91 bits per heavy atom. The zero-order valence-corrected chi connectivity index (χ0v) is 19.6. The van der Waals surface area contributed by atoms with Gasteiger partial charge in [0, 0.05) is 17.1 Å². The molecular formula is C23H17FN4O4S2. The van der Waals surface area contributed by atoms with Gasteiger partial charge in [-0.15, -0.1) is 0 Å². The minimum atomic E-state index is -3.98. The zero-order chi connectivity index (χ0) is 24.3. The number of anilines is 1. The Kier molecular flexibility index (Phi) is 6.45. The second-order valence-electron chi connectivity index (χ2n) is 7.02. The summed E-state index contributed by atoms with van der Waals surface area (Å²) in [4.78, 5) is 3.67. The number of halogens is 1. The fraction of sp³-hybridized carbons (Fsp3) is 0.0870. The second-order valence-corrected chi connectivity index (χ2v) is 9.49. The van der Waals surface area contributed by atoms with Crippen molar-refractivity contribution < 1.29 is 22.3 Å². The van der Waals surface area contributed by atoms with Gasteiger partial charge < -0.3 is 9.47 Å². The van der Waals surface area contributed by atoms with Crippen LogP contribution in [0.5, 0.6) is 17.2 Å². The van der Waals surface area contributed by atoms with Crippen LogP contribution >= 0.6 is 11.5 Å². The maximum atomic E-state index is 14.3. The summed E-state index contributed by atoms with van der Waals surface area (Å²) in [6, 6.07) is 15.8. The van der Waals surface area contributed by atoms with Gasteiger partial charge in [-0.1, -0.05) is 24.3 Å². The van der Waals surface area contributed by atoms with E-state index in [9.17, 15) is 18.1 Å². The SMILES string of the molecule is COc1ccc(-c2cccc(C)c2Oc2ccc(S(=O)(=O)Nc3ncns3)cc2C#N)cc1F. The van der Waals surface area contributed by atoms with Crippen molar-refractivity contribution in [3.05, 3.63) is 77.9 Å². The highest BCUT2D eigenvalue weighted by atomic mass is 32.2. The van der Waals surface area contributed by atoms with Crippen LogP contribution in [0.15, 0.2) is 65.8 Å². The molecule has 0 saturated carbocycles. The third-order valence-electron chi connectivity index (χ3n) is 4.85. The predicted molar refractivity (Wildman–Crippen MR) is 125 cm³/mol. The fourth-order valence-electron chi connectivity index (χ4n) is 3.20. The van der Waals surface area contributed by atoms with Crippen molar-refractivity contribution in [2.45, 2.75) is 11.8 Å². The van der Waals surface area contributed by atoms with Crippen LogP contribution in [0, 0.1) is 24.1 Å². The molecule has 0 amide bonds. The lowest BCUT2D eigenvalue weighted by Gasteiger charge is -2.16. The van der Waals surface area contributed by atoms with Crippen molar-refractivity contribution in [1.82, 2.24) is 9.36 Å². The molecule has 0 fully saturated rings. The number of sulfonamides is 1. The smallest absolute Gasteiger partial charge is 0.263 e. The number of hydrogen-bond donors (Lipinski definition) is 1. The Balaban J connectivity index is 1.71. The summed E-state index contributed by atoms with van der Waals surface area (Å²) in [6.07, 6.45) is 1.23. The third-order valence-corrected chi connectivity index (χ3v) is 6.90. The molecule has 1 N–H and O–H groups in total. The number of nitriles is 1. The standard InChI is InChI=1S/C23H17FN4O4S2/c1-14-4-3-5-18(15-6-8-21(31-2)19(24)11-15)22(14)32-20-9-7-17(10-16(20)12-25)34(29,30)28-23-26-13-27-33-23/h3-11,13H,1-2H3,(H,26,27,28). The summed E-state index contributed by atoms with van der Waals surface area (Å²) in [7, 11) is -2.59. The Morgan fingerprint density at radius 1 is 1.12 bits per heavy atom. The van der Waals surface area contributed by atoms with Crippen LogP contribution in [0.2, 0.25) is 0 Å². The van der Waals surface area contributed by atoms with Gasteiger partial charge in [0.2, 0.25) is 5.13 Å². The summed E-state index contributed by atoms with van der Waals surface area (Å²) in [5.41, 5.74) is 1.90. The first-order valence-corrected chi connectivity index (χ1v) is 12.0. The van der Waals surface area contributed by atoms with Crippen molar-refractivity contribution in [2.24, 2.45) is 0 Å². The molecule has 4 rings (SSSR count). The van der Waals surface area contributed by atoms with E-state index in [4.69, 9.17) is 9.47 Å². The Labute approximate surface area is 199 Å². The lowest BCUT2D eigenvalue weighted by atomic mass is 10.0. The molecule has 4 aromatic rings. The first-order chi connectivity index (χ1) is 16.3. The van der Waals surface area contributed by atoms with E-state index < -0.39 is 15.8 Å². The van der Waals surface area contributed by atoms with Crippen LogP contribution in [0.4, 0.5) is 9.52 Å². The molecule has 0 unspecified atom stereocenters. The first kappa shape index (κ1) is 23.2. The number of ether oxygens (including phenoxy) is 2. The minimum absolute atomic E-state index is 0.00949. The Hall–Kier alpha value is -4.01. The van der Waals surface area contributed by atoms with E-state index in [1.807, 2.05) is 19.1 Å². The molecule has 0 atom stereocenters. The summed E-state index contributed by atoms with van der Waals surface area (Å²) in [5.74, 6) is 0.153. The number of rotatable bonds is 7. The summed E-state index contributed by atoms with van der Waals surface area (Å²) in [5, 5.41) is 9.77. The highest BCUT2D eigenvalue weighted by Crippen LogP contribution is 2.38. The monoisotopic (exact) mass is 496 g/mol. The van der Waals surface area contributed by atoms with Crippen LogP contribution in [0.3, 0.4) is 0 Å². The van der Waals surface area contributed by atoms with Crippen LogP contribution in [0.25, 0.3) is 11.1 Å². The molecule has 0 radical (unpaired) electrons. The maximum absolute atomic E-state index is 14.3. The van der Waals surface area contributed by atoms with Crippen molar-refractivity contribution in [3.8, 4) is 34.4 Å². The van der Waals surface area contributed by atoms with Crippen LogP contribution in [-0.4, -0.2) is 24.9 Å². The molecular weight excluding hydrogens is 479 g/mol. The van der Waals surface area contributed by atoms with Gasteiger partial charge in [-0.3, -0.25) is 4.72 Å². The van der Waals surface area contributed by atoms with Crippen LogP contribution in [0.1, 0.15) is 11.1 Å². The molecule has 1 heterocycles. The number of aromatic nitrogens is 2. The van der Waals surface area contributed by atoms with E-state index in [1.165, 1.54) is 43.8 Å². The highest BCUT2D eigenvalue weighted by molar-refractivity contribution is 7.93. The van der Waals surface area contributed by atoms with Crippen LogP contribution < -0.4 is 14.2 Å². The van der Waals surface area contributed by atoms with Gasteiger partial charge in [0.15, 0.2) is 11.6 Å². The zero-order valence-electron chi connectivity index (χ0n) is 17.9. The van der Waals surface area contributed by atoms with Gasteiger partial charge in [-0.25, -0.2) is 17.8 Å². The quantitative estimate of drug-likeness (QED) is 0.377. The summed E-state index contributed by atoms with van der Waals surface area (Å²) >= 11 is 0.888. The highest BCUT2D eigenvalue weighted by Gasteiger charge is 2.20. The second kappa shape index (κ2) is 9.46. The summed E-state index contributed by atoms with van der Waals surface area (Å²) in [6.45, 7) is 1.82. The molecule has 11 heteroatoms. The van der Waals surface area contributed by atoms with E-state index in [2.05, 4.69) is 14.1 Å². The van der Waals surface area contributed by atoms with Gasteiger partial charge in [0.1, 0.15) is 23.9 Å². The van der Waals surface area contributed by atoms with Gasteiger partial charge in [-0.2, -0.15) is 9.64 Å². The predicted octanol–water partition coefficient (Wildman–Crippen LogP) is 5.13. The van der Waals surface area contributed by atoms with E-state index >= 15 is 0 Å². The fourth-order valence-corrected chi connectivity index (χ4v) is 4.89. The Morgan fingerprint density at radius 3 is 2.59 bits per heavy atom. The maximum Gasteiger partial charge on any atom is 0.263 e. The molecule has 3 aromatic carbocycles. The molecule has 0 aliphatic heterocycles. The normalized spacial score (nSPS) is 11.0. The Bertz CT molecular complexity index is 1500. The number of para-hydroxylation sites is 1. The number of benzene rings is 3. The van der Waals surface area contributed by atoms with Crippen molar-refractivity contribution >= 4 is 26.7 Å². The molecule has 34 heavy (non-hydrogen) atoms. The third kappa shape index (κ3) is 4.68. The molecule has 0 spiro atoms. The first-order valence-electron chi connectivity index (χ1n) is 9.77. The van der Waals surface area contributed by atoms with Gasteiger partial charge >= 0.3 is 0 Å². The molecule has 0 saturated heterocycles. The average Bonchev–Trinajstić information content (AvgIpc) is 3.32. The number of nitrogens with one attached hydrogen (secondary N) is 1. The van der Waals surface area contributed by atoms with E-state index in [1.54, 1.807) is 18.2 Å². The lowest BCUT2D eigenvalue weighted by Crippen LogP contribution is -2.13. The largest absolute Gasteiger partial charge is 0.494 e. The number of aryl methyl sites for hydroxylation is 1.